The number of aliphatic hydroxyl groups is 1. The van der Waals surface area contributed by atoms with E-state index >= 15 is 0 Å². The van der Waals surface area contributed by atoms with Gasteiger partial charge in [0.25, 0.3) is 0 Å². The smallest absolute Gasteiger partial charge is 0.0681 e. The lowest BCUT2D eigenvalue weighted by Crippen LogP contribution is -2.62. The van der Waals surface area contributed by atoms with Crippen LogP contribution in [0.3, 0.4) is 0 Å². The third kappa shape index (κ3) is 3.56. The lowest BCUT2D eigenvalue weighted by atomic mass is 9.58. The number of hydrogen-bond acceptors (Lipinski definition) is 3. The molecule has 1 saturated heterocycles. The number of rotatable bonds is 7. The summed E-state index contributed by atoms with van der Waals surface area (Å²) in [6.45, 7) is 11.6. The third-order valence-corrected chi connectivity index (χ3v) is 6.15. The third-order valence-electron chi connectivity index (χ3n) is 6.15. The fraction of sp³-hybridized carbons (Fsp3) is 0.800. The summed E-state index contributed by atoms with van der Waals surface area (Å²) in [5, 5.41) is 10.3. The Morgan fingerprint density at radius 3 is 2.71 bits per heavy atom. The Hall–Kier alpha value is -0.840. The minimum atomic E-state index is -0.161. The largest absolute Gasteiger partial charge is 0.392 e. The predicted molar refractivity (Wildman–Crippen MR) is 96.9 cm³/mol. The van der Waals surface area contributed by atoms with Crippen molar-refractivity contribution in [3.05, 3.63) is 24.0 Å². The highest BCUT2D eigenvalue weighted by molar-refractivity contribution is 5.10. The Bertz CT molecular complexity index is 515. The Balaban J connectivity index is 1.54. The lowest BCUT2D eigenvalue weighted by molar-refractivity contribution is -0.210. The fourth-order valence-electron chi connectivity index (χ4n) is 4.38. The van der Waals surface area contributed by atoms with E-state index in [2.05, 4.69) is 48.6 Å². The van der Waals surface area contributed by atoms with E-state index in [1.165, 1.54) is 12.1 Å². The first-order chi connectivity index (χ1) is 11.5. The summed E-state index contributed by atoms with van der Waals surface area (Å²) in [6, 6.07) is 4.42. The van der Waals surface area contributed by atoms with Crippen LogP contribution in [0, 0.1) is 11.3 Å². The maximum Gasteiger partial charge on any atom is 0.0681 e. The van der Waals surface area contributed by atoms with Crippen molar-refractivity contribution in [3.63, 3.8) is 0 Å². The molecule has 24 heavy (non-hydrogen) atoms. The van der Waals surface area contributed by atoms with Crippen LogP contribution in [0.4, 0.5) is 0 Å². The number of ether oxygens (including phenoxy) is 1. The van der Waals surface area contributed by atoms with E-state index in [0.717, 1.165) is 58.0 Å². The number of hydrogen-bond donors (Lipinski definition) is 1. The minimum Gasteiger partial charge on any atom is -0.392 e. The van der Waals surface area contributed by atoms with Crippen LogP contribution in [0.2, 0.25) is 0 Å². The first-order valence-electron chi connectivity index (χ1n) is 9.71. The van der Waals surface area contributed by atoms with E-state index in [9.17, 15) is 5.11 Å². The number of nitrogens with zero attached hydrogens (tertiary/aromatic N) is 2. The zero-order valence-corrected chi connectivity index (χ0v) is 15.6. The number of aliphatic hydroxyl groups excluding tert-OH is 1. The summed E-state index contributed by atoms with van der Waals surface area (Å²) in [4.78, 5) is 2.54. The molecular weight excluding hydrogens is 300 g/mol. The van der Waals surface area contributed by atoms with Crippen molar-refractivity contribution in [2.75, 3.05) is 19.7 Å². The first kappa shape index (κ1) is 18.0. The van der Waals surface area contributed by atoms with E-state index in [4.69, 9.17) is 4.74 Å². The average Bonchev–Trinajstić information content (AvgIpc) is 3.00. The van der Waals surface area contributed by atoms with Crippen molar-refractivity contribution in [3.8, 4) is 0 Å². The normalized spacial score (nSPS) is 26.9. The van der Waals surface area contributed by atoms with Crippen LogP contribution in [-0.4, -0.2) is 46.5 Å². The van der Waals surface area contributed by atoms with Gasteiger partial charge < -0.3 is 14.4 Å². The number of aromatic nitrogens is 1. The van der Waals surface area contributed by atoms with Gasteiger partial charge in [-0.25, -0.2) is 0 Å². The predicted octanol–water partition coefficient (Wildman–Crippen LogP) is 3.29. The standard InChI is InChI=1S/C20H34N2O2/c1-4-24-19-14-18(23)20(19)8-12-21(13-9-20)15-17-6-5-10-22(17)11-7-16(2)3/h5-6,10,16,18-19,23H,4,7-9,11-15H2,1-3H3. The topological polar surface area (TPSA) is 37.6 Å². The van der Waals surface area contributed by atoms with Gasteiger partial charge in [0, 0.05) is 43.4 Å². The monoisotopic (exact) mass is 334 g/mol. The van der Waals surface area contributed by atoms with Crippen molar-refractivity contribution in [1.82, 2.24) is 9.47 Å². The molecule has 0 bridgehead atoms. The van der Waals surface area contributed by atoms with E-state index in [1.807, 2.05) is 0 Å². The van der Waals surface area contributed by atoms with Crippen molar-refractivity contribution in [1.29, 1.82) is 0 Å². The van der Waals surface area contributed by atoms with Crippen molar-refractivity contribution in [2.24, 2.45) is 11.3 Å². The highest BCUT2D eigenvalue weighted by Gasteiger charge is 2.55. The van der Waals surface area contributed by atoms with Gasteiger partial charge in [-0.05, 0) is 57.3 Å². The Labute approximate surface area is 146 Å². The van der Waals surface area contributed by atoms with Crippen LogP contribution in [-0.2, 0) is 17.8 Å². The van der Waals surface area contributed by atoms with Crippen LogP contribution in [0.15, 0.2) is 18.3 Å². The molecule has 2 heterocycles. The molecule has 2 aliphatic rings. The van der Waals surface area contributed by atoms with Gasteiger partial charge in [0.1, 0.15) is 0 Å². The molecule has 1 N–H and O–H groups in total. The van der Waals surface area contributed by atoms with Gasteiger partial charge in [-0.2, -0.15) is 0 Å². The van der Waals surface area contributed by atoms with E-state index < -0.39 is 0 Å². The molecule has 1 spiro atoms. The van der Waals surface area contributed by atoms with Gasteiger partial charge in [-0.3, -0.25) is 4.90 Å². The Kier molecular flexibility index (Phi) is 5.68. The molecule has 2 fully saturated rings. The first-order valence-corrected chi connectivity index (χ1v) is 9.71. The maximum absolute atomic E-state index is 10.3. The van der Waals surface area contributed by atoms with E-state index in [1.54, 1.807) is 0 Å². The van der Waals surface area contributed by atoms with E-state index in [0.29, 0.717) is 0 Å². The number of aryl methyl sites for hydroxylation is 1. The van der Waals surface area contributed by atoms with Gasteiger partial charge in [-0.15, -0.1) is 0 Å². The highest BCUT2D eigenvalue weighted by atomic mass is 16.5. The quantitative estimate of drug-likeness (QED) is 0.831. The SMILES string of the molecule is CCOC1CC(O)C12CCN(Cc1cccn1CCC(C)C)CC2. The summed E-state index contributed by atoms with van der Waals surface area (Å²) < 4.78 is 8.28. The Morgan fingerprint density at radius 2 is 2.08 bits per heavy atom. The van der Waals surface area contributed by atoms with Crippen LogP contribution < -0.4 is 0 Å². The van der Waals surface area contributed by atoms with Crippen molar-refractivity contribution >= 4 is 0 Å². The zero-order chi connectivity index (χ0) is 17.2. The molecule has 0 radical (unpaired) electrons. The minimum absolute atomic E-state index is 0.0339. The van der Waals surface area contributed by atoms with Gasteiger partial charge in [0.15, 0.2) is 0 Å². The summed E-state index contributed by atoms with van der Waals surface area (Å²) in [6.07, 6.45) is 6.50. The van der Waals surface area contributed by atoms with Gasteiger partial charge in [0.2, 0.25) is 0 Å². The van der Waals surface area contributed by atoms with Crippen molar-refractivity contribution < 1.29 is 9.84 Å². The Morgan fingerprint density at radius 1 is 1.33 bits per heavy atom. The van der Waals surface area contributed by atoms with Crippen LogP contribution in [0.25, 0.3) is 0 Å². The summed E-state index contributed by atoms with van der Waals surface area (Å²) in [5.74, 6) is 0.741. The second-order valence-electron chi connectivity index (χ2n) is 8.08. The molecule has 1 aromatic heterocycles. The zero-order valence-electron chi connectivity index (χ0n) is 15.6. The lowest BCUT2D eigenvalue weighted by Gasteiger charge is -2.56. The van der Waals surface area contributed by atoms with Crippen LogP contribution >= 0.6 is 0 Å². The molecular formula is C20H34N2O2. The number of likely N-dealkylation sites (tertiary alicyclic amines) is 1. The fourth-order valence-corrected chi connectivity index (χ4v) is 4.38. The molecule has 3 rings (SSSR count). The number of piperidine rings is 1. The maximum atomic E-state index is 10.3. The molecule has 136 valence electrons. The van der Waals surface area contributed by atoms with Gasteiger partial charge >= 0.3 is 0 Å². The second kappa shape index (κ2) is 7.59. The molecule has 1 aliphatic carbocycles. The van der Waals surface area contributed by atoms with Crippen LogP contribution in [0.5, 0.6) is 0 Å². The average molecular weight is 335 g/mol. The molecule has 1 aromatic rings. The second-order valence-corrected chi connectivity index (χ2v) is 8.08. The molecule has 1 saturated carbocycles. The molecule has 2 atom stereocenters. The molecule has 1 aliphatic heterocycles. The molecule has 2 unspecified atom stereocenters. The molecule has 4 nitrogen and oxygen atoms in total. The van der Waals surface area contributed by atoms with Crippen LogP contribution in [0.1, 0.15) is 52.1 Å². The summed E-state index contributed by atoms with van der Waals surface area (Å²) >= 11 is 0. The van der Waals surface area contributed by atoms with Gasteiger partial charge in [0.05, 0.1) is 12.2 Å². The summed E-state index contributed by atoms with van der Waals surface area (Å²) in [5.41, 5.74) is 1.45. The summed E-state index contributed by atoms with van der Waals surface area (Å²) in [7, 11) is 0. The molecule has 4 heteroatoms. The van der Waals surface area contributed by atoms with Gasteiger partial charge in [-0.1, -0.05) is 13.8 Å². The van der Waals surface area contributed by atoms with E-state index in [-0.39, 0.29) is 17.6 Å². The molecule has 0 amide bonds. The molecule has 0 aromatic carbocycles. The highest BCUT2D eigenvalue weighted by Crippen LogP contribution is 2.51. The van der Waals surface area contributed by atoms with Crippen molar-refractivity contribution in [2.45, 2.75) is 71.8 Å².